The smallest absolute Gasteiger partial charge is 0.261 e. The van der Waals surface area contributed by atoms with E-state index in [1.54, 1.807) is 0 Å². The number of hydrogen-bond acceptors (Lipinski definition) is 5. The van der Waals surface area contributed by atoms with Crippen molar-refractivity contribution in [3.8, 4) is 0 Å². The van der Waals surface area contributed by atoms with Gasteiger partial charge >= 0.3 is 0 Å². The van der Waals surface area contributed by atoms with Crippen LogP contribution in [0.5, 0.6) is 0 Å². The van der Waals surface area contributed by atoms with Gasteiger partial charge in [0.15, 0.2) is 0 Å². The highest BCUT2D eigenvalue weighted by Crippen LogP contribution is 2.32. The molecule has 2 aliphatic rings. The average molecular weight is 411 g/mol. The summed E-state index contributed by atoms with van der Waals surface area (Å²) in [6.07, 6.45) is 0.869. The maximum atomic E-state index is 13.2. The summed E-state index contributed by atoms with van der Waals surface area (Å²) < 4.78 is 5.66. The Balaban J connectivity index is 1.42. The highest BCUT2D eigenvalue weighted by molar-refractivity contribution is 6.25. The molecule has 6 heteroatoms. The second-order valence-electron chi connectivity index (χ2n) is 9.30. The van der Waals surface area contributed by atoms with Crippen LogP contribution in [0.25, 0.3) is 10.8 Å². The Bertz CT molecular complexity index is 907. The van der Waals surface area contributed by atoms with Crippen molar-refractivity contribution in [1.82, 2.24) is 9.80 Å². The molecule has 2 aromatic carbocycles. The fourth-order valence-electron chi connectivity index (χ4n) is 4.44. The number of rotatable bonds is 5. The number of aliphatic hydroxyl groups is 1. The molecule has 1 fully saturated rings. The average Bonchev–Trinajstić information content (AvgIpc) is 2.71. The highest BCUT2D eigenvalue weighted by atomic mass is 16.5. The van der Waals surface area contributed by atoms with Crippen molar-refractivity contribution in [2.24, 2.45) is 0 Å². The van der Waals surface area contributed by atoms with Crippen molar-refractivity contribution in [3.05, 3.63) is 47.5 Å². The number of carbonyl (C=O) groups excluding carboxylic acids is 2. The lowest BCUT2D eigenvalue weighted by atomic mass is 9.91. The van der Waals surface area contributed by atoms with Gasteiger partial charge in [0.25, 0.3) is 11.8 Å². The predicted molar refractivity (Wildman–Crippen MR) is 116 cm³/mol. The Hall–Kier alpha value is -2.28. The number of amides is 2. The van der Waals surface area contributed by atoms with Gasteiger partial charge in [0.1, 0.15) is 0 Å². The highest BCUT2D eigenvalue weighted by Gasteiger charge is 2.38. The Morgan fingerprint density at radius 1 is 1.03 bits per heavy atom. The SMILES string of the molecule is CC(C)(C)OC[C@@H](O)CN1CCC(N2C(=O)c3cccc4cccc(c34)C2=O)CC1. The van der Waals surface area contributed by atoms with Crippen LogP contribution in [0.4, 0.5) is 0 Å². The maximum absolute atomic E-state index is 13.2. The van der Waals surface area contributed by atoms with Crippen LogP contribution in [0, 0.1) is 0 Å². The molecule has 0 aliphatic carbocycles. The molecule has 0 unspecified atom stereocenters. The maximum Gasteiger partial charge on any atom is 0.261 e. The van der Waals surface area contributed by atoms with E-state index in [0.717, 1.165) is 23.9 Å². The second-order valence-corrected chi connectivity index (χ2v) is 9.30. The number of aliphatic hydroxyl groups excluding tert-OH is 1. The fraction of sp³-hybridized carbons (Fsp3) is 0.500. The normalized spacial score (nSPS) is 19.5. The molecular formula is C24H30N2O4. The van der Waals surface area contributed by atoms with E-state index in [-0.39, 0.29) is 23.5 Å². The van der Waals surface area contributed by atoms with Gasteiger partial charge in [0, 0.05) is 42.2 Å². The van der Waals surface area contributed by atoms with Gasteiger partial charge in [0.2, 0.25) is 0 Å². The monoisotopic (exact) mass is 410 g/mol. The fourth-order valence-corrected chi connectivity index (χ4v) is 4.44. The number of nitrogens with zero attached hydrogens (tertiary/aromatic N) is 2. The number of likely N-dealkylation sites (tertiary alicyclic amines) is 1. The molecule has 2 amide bonds. The van der Waals surface area contributed by atoms with Gasteiger partial charge in [-0.25, -0.2) is 0 Å². The molecule has 1 atom stereocenters. The second kappa shape index (κ2) is 8.10. The summed E-state index contributed by atoms with van der Waals surface area (Å²) in [7, 11) is 0. The minimum Gasteiger partial charge on any atom is -0.389 e. The number of benzene rings is 2. The van der Waals surface area contributed by atoms with E-state index < -0.39 is 6.10 Å². The van der Waals surface area contributed by atoms with Crippen molar-refractivity contribution in [1.29, 1.82) is 0 Å². The van der Waals surface area contributed by atoms with Crippen LogP contribution < -0.4 is 0 Å². The van der Waals surface area contributed by atoms with E-state index in [9.17, 15) is 14.7 Å². The standard InChI is InChI=1S/C24H30N2O4/c1-24(2,3)30-15-18(27)14-25-12-10-17(11-13-25)26-22(28)19-8-4-6-16-7-5-9-20(21(16)19)23(26)29/h4-9,17-18,27H,10-15H2,1-3H3/t18-/m0/s1. The van der Waals surface area contributed by atoms with Crippen LogP contribution >= 0.6 is 0 Å². The van der Waals surface area contributed by atoms with Crippen LogP contribution in [-0.2, 0) is 4.74 Å². The van der Waals surface area contributed by atoms with Crippen molar-refractivity contribution in [2.45, 2.75) is 51.4 Å². The molecule has 4 rings (SSSR count). The van der Waals surface area contributed by atoms with Gasteiger partial charge in [-0.05, 0) is 51.1 Å². The predicted octanol–water partition coefficient (Wildman–Crippen LogP) is 3.08. The topological polar surface area (TPSA) is 70.1 Å². The molecule has 1 N–H and O–H groups in total. The van der Waals surface area contributed by atoms with E-state index in [4.69, 9.17) is 4.74 Å². The number of β-amino-alcohol motifs (C(OH)–C–C–N with tert-alkyl or cyclic N) is 1. The van der Waals surface area contributed by atoms with Gasteiger partial charge in [-0.15, -0.1) is 0 Å². The Morgan fingerprint density at radius 3 is 2.13 bits per heavy atom. The molecule has 0 radical (unpaired) electrons. The van der Waals surface area contributed by atoms with E-state index in [0.29, 0.717) is 37.1 Å². The van der Waals surface area contributed by atoms with Gasteiger partial charge in [-0.1, -0.05) is 24.3 Å². The van der Waals surface area contributed by atoms with Gasteiger partial charge in [0.05, 0.1) is 18.3 Å². The van der Waals surface area contributed by atoms with E-state index >= 15 is 0 Å². The third kappa shape index (κ3) is 4.13. The summed E-state index contributed by atoms with van der Waals surface area (Å²) >= 11 is 0. The summed E-state index contributed by atoms with van der Waals surface area (Å²) in [4.78, 5) is 30.0. The summed E-state index contributed by atoms with van der Waals surface area (Å²) in [5.41, 5.74) is 0.946. The van der Waals surface area contributed by atoms with E-state index in [1.165, 1.54) is 4.90 Å². The molecular weight excluding hydrogens is 380 g/mol. The van der Waals surface area contributed by atoms with Crippen LogP contribution in [0.1, 0.15) is 54.3 Å². The third-order valence-electron chi connectivity index (χ3n) is 5.90. The molecule has 0 aromatic heterocycles. The van der Waals surface area contributed by atoms with Crippen molar-refractivity contribution in [2.75, 3.05) is 26.2 Å². The van der Waals surface area contributed by atoms with Crippen LogP contribution in [0.15, 0.2) is 36.4 Å². The quantitative estimate of drug-likeness (QED) is 0.767. The van der Waals surface area contributed by atoms with Crippen molar-refractivity contribution in [3.63, 3.8) is 0 Å². The summed E-state index contributed by atoms with van der Waals surface area (Å²) in [5.74, 6) is -0.386. The number of carbonyl (C=O) groups is 2. The summed E-state index contributed by atoms with van der Waals surface area (Å²) in [5, 5.41) is 12.0. The number of hydrogen-bond donors (Lipinski definition) is 1. The Kier molecular flexibility index (Phi) is 5.66. The lowest BCUT2D eigenvalue weighted by Crippen LogP contribution is -2.52. The van der Waals surface area contributed by atoms with Crippen LogP contribution in [0.2, 0.25) is 0 Å². The zero-order valence-electron chi connectivity index (χ0n) is 17.9. The molecule has 30 heavy (non-hydrogen) atoms. The molecule has 0 spiro atoms. The Labute approximate surface area is 177 Å². The number of ether oxygens (including phenoxy) is 1. The Morgan fingerprint density at radius 2 is 1.60 bits per heavy atom. The van der Waals surface area contributed by atoms with Gasteiger partial charge < -0.3 is 14.7 Å². The first-order valence-electron chi connectivity index (χ1n) is 10.7. The van der Waals surface area contributed by atoms with Gasteiger partial charge in [-0.3, -0.25) is 14.5 Å². The third-order valence-corrected chi connectivity index (χ3v) is 5.90. The molecule has 1 saturated heterocycles. The van der Waals surface area contributed by atoms with Crippen molar-refractivity contribution < 1.29 is 19.4 Å². The van der Waals surface area contributed by atoms with Crippen molar-refractivity contribution >= 4 is 22.6 Å². The van der Waals surface area contributed by atoms with E-state index in [2.05, 4.69) is 4.90 Å². The summed E-state index contributed by atoms with van der Waals surface area (Å²) in [6, 6.07) is 11.1. The first-order chi connectivity index (χ1) is 14.2. The molecule has 0 saturated carbocycles. The van der Waals surface area contributed by atoms with Gasteiger partial charge in [-0.2, -0.15) is 0 Å². The lowest BCUT2D eigenvalue weighted by Gasteiger charge is -2.39. The minimum atomic E-state index is -0.552. The first kappa shape index (κ1) is 21.0. The van der Waals surface area contributed by atoms with Crippen LogP contribution in [0.3, 0.4) is 0 Å². The molecule has 2 aliphatic heterocycles. The largest absolute Gasteiger partial charge is 0.389 e. The first-order valence-corrected chi connectivity index (χ1v) is 10.7. The van der Waals surface area contributed by atoms with E-state index in [1.807, 2.05) is 57.2 Å². The summed E-state index contributed by atoms with van der Waals surface area (Å²) in [6.45, 7) is 8.21. The number of piperidine rings is 1. The van der Waals surface area contributed by atoms with Crippen LogP contribution in [-0.4, -0.2) is 70.7 Å². The molecule has 6 nitrogen and oxygen atoms in total. The zero-order chi connectivity index (χ0) is 21.5. The minimum absolute atomic E-state index is 0.118. The molecule has 2 heterocycles. The molecule has 0 bridgehead atoms. The molecule has 2 aromatic rings. The molecule has 160 valence electrons. The lowest BCUT2D eigenvalue weighted by molar-refractivity contribution is -0.0579. The number of imide groups is 1. The zero-order valence-corrected chi connectivity index (χ0v) is 17.9.